The Balaban J connectivity index is 1.58. The van der Waals surface area contributed by atoms with Gasteiger partial charge < -0.3 is 18.9 Å². The lowest BCUT2D eigenvalue weighted by atomic mass is 9.88. The third-order valence-electron chi connectivity index (χ3n) is 7.91. The van der Waals surface area contributed by atoms with E-state index in [0.29, 0.717) is 38.9 Å². The summed E-state index contributed by atoms with van der Waals surface area (Å²) < 4.78 is 23.4. The van der Waals surface area contributed by atoms with Gasteiger partial charge in [-0.05, 0) is 135 Å². The van der Waals surface area contributed by atoms with E-state index in [1.54, 1.807) is 0 Å². The van der Waals surface area contributed by atoms with E-state index in [9.17, 15) is 14.4 Å². The quantitative estimate of drug-likeness (QED) is 0.0730. The third-order valence-corrected chi connectivity index (χ3v) is 7.91. The van der Waals surface area contributed by atoms with E-state index < -0.39 is 22.8 Å². The van der Waals surface area contributed by atoms with Crippen LogP contribution in [0.25, 0.3) is 0 Å². The molecule has 0 radical (unpaired) electrons. The van der Waals surface area contributed by atoms with Crippen molar-refractivity contribution in [3.63, 3.8) is 0 Å². The van der Waals surface area contributed by atoms with Gasteiger partial charge in [-0.3, -0.25) is 14.4 Å². The fraction of sp³-hybridized carbons (Fsp3) is 0.447. The largest absolute Gasteiger partial charge is 0.493 e. The molecule has 3 aromatic carbocycles. The van der Waals surface area contributed by atoms with Crippen molar-refractivity contribution in [2.24, 2.45) is 10.8 Å². The summed E-state index contributed by atoms with van der Waals surface area (Å²) in [6.07, 6.45) is 2.37. The number of Topliss-reactive ketones (excluding diaryl/α,β-unsaturated/α-hetero) is 1. The lowest BCUT2D eigenvalue weighted by Gasteiger charge is -2.24. The molecule has 0 saturated carbocycles. The van der Waals surface area contributed by atoms with Gasteiger partial charge in [-0.1, -0.05) is 24.3 Å². The zero-order chi connectivity index (χ0) is 33.4. The predicted molar refractivity (Wildman–Crippen MR) is 177 cm³/mol. The first-order valence-electron chi connectivity index (χ1n) is 15.6. The second kappa shape index (κ2) is 15.2. The van der Waals surface area contributed by atoms with Crippen molar-refractivity contribution in [3.05, 3.63) is 82.4 Å². The molecule has 0 unspecified atom stereocenters. The van der Waals surface area contributed by atoms with E-state index in [1.165, 1.54) is 25.1 Å². The van der Waals surface area contributed by atoms with Gasteiger partial charge in [0.2, 0.25) is 0 Å². The molecule has 0 bridgehead atoms. The number of carbonyl (C=O) groups excluding carboxylic acids is 3. The van der Waals surface area contributed by atoms with Gasteiger partial charge in [0.1, 0.15) is 23.0 Å². The Morgan fingerprint density at radius 3 is 1.38 bits per heavy atom. The first kappa shape index (κ1) is 35.4. The van der Waals surface area contributed by atoms with Crippen molar-refractivity contribution in [2.75, 3.05) is 13.2 Å². The first-order chi connectivity index (χ1) is 21.1. The molecule has 0 fully saturated rings. The molecule has 3 rings (SSSR count). The van der Waals surface area contributed by atoms with Crippen LogP contribution in [-0.2, 0) is 9.59 Å². The summed E-state index contributed by atoms with van der Waals surface area (Å²) in [5.41, 5.74) is 3.03. The molecule has 0 aromatic heterocycles. The Labute approximate surface area is 268 Å². The number of ether oxygens (including phenoxy) is 4. The van der Waals surface area contributed by atoms with Crippen molar-refractivity contribution in [2.45, 2.75) is 88.0 Å². The third kappa shape index (κ3) is 10.5. The van der Waals surface area contributed by atoms with Crippen LogP contribution in [0.2, 0.25) is 0 Å². The standard InChI is InChI=1S/C38H48O7/c1-25-12-14-27(3)33(20-25)42-18-10-16-37(6,7)35(40)44-31-22-30(29(5)39)23-32(24-31)45-36(41)38(8,9)17-11-19-43-34-21-26(2)13-15-28(34)4/h12-15,20-24H,10-11,16-19H2,1-9H3. The molecule has 3 aromatic rings. The van der Waals surface area contributed by atoms with Gasteiger partial charge in [0.05, 0.1) is 24.0 Å². The Morgan fingerprint density at radius 1 is 0.600 bits per heavy atom. The highest BCUT2D eigenvalue weighted by Gasteiger charge is 2.31. The second-order valence-corrected chi connectivity index (χ2v) is 13.2. The topological polar surface area (TPSA) is 88.1 Å². The van der Waals surface area contributed by atoms with Crippen molar-refractivity contribution < 1.29 is 33.3 Å². The minimum absolute atomic E-state index is 0.148. The molecule has 0 atom stereocenters. The van der Waals surface area contributed by atoms with Crippen LogP contribution >= 0.6 is 0 Å². The van der Waals surface area contributed by atoms with Crippen molar-refractivity contribution in [1.82, 2.24) is 0 Å². The molecule has 0 aliphatic heterocycles. The van der Waals surface area contributed by atoms with Crippen LogP contribution in [0.5, 0.6) is 23.0 Å². The normalized spacial score (nSPS) is 11.6. The van der Waals surface area contributed by atoms with Crippen molar-refractivity contribution in [1.29, 1.82) is 0 Å². The second-order valence-electron chi connectivity index (χ2n) is 13.2. The average molecular weight is 617 g/mol. The highest BCUT2D eigenvalue weighted by atomic mass is 16.5. The number of rotatable bonds is 15. The van der Waals surface area contributed by atoms with Gasteiger partial charge in [-0.25, -0.2) is 0 Å². The van der Waals surface area contributed by atoms with Gasteiger partial charge in [0.25, 0.3) is 0 Å². The minimum atomic E-state index is -0.810. The van der Waals surface area contributed by atoms with Gasteiger partial charge in [-0.2, -0.15) is 0 Å². The summed E-state index contributed by atoms with van der Waals surface area (Å²) in [4.78, 5) is 38.7. The van der Waals surface area contributed by atoms with Crippen LogP contribution in [-0.4, -0.2) is 30.9 Å². The van der Waals surface area contributed by atoms with Crippen LogP contribution in [0.1, 0.15) is 92.9 Å². The van der Waals surface area contributed by atoms with Crippen LogP contribution in [0.15, 0.2) is 54.6 Å². The zero-order valence-corrected chi connectivity index (χ0v) is 28.3. The first-order valence-corrected chi connectivity index (χ1v) is 15.6. The summed E-state index contributed by atoms with van der Waals surface area (Å²) in [6.45, 7) is 17.6. The van der Waals surface area contributed by atoms with E-state index >= 15 is 0 Å². The van der Waals surface area contributed by atoms with Crippen LogP contribution in [0.4, 0.5) is 0 Å². The number of hydrogen-bond acceptors (Lipinski definition) is 7. The smallest absolute Gasteiger partial charge is 0.316 e. The van der Waals surface area contributed by atoms with Crippen LogP contribution in [0.3, 0.4) is 0 Å². The molecule has 0 saturated heterocycles. The number of ketones is 1. The maximum atomic E-state index is 13.2. The highest BCUT2D eigenvalue weighted by molar-refractivity contribution is 5.95. The molecule has 242 valence electrons. The molecular formula is C38H48O7. The van der Waals surface area contributed by atoms with E-state index in [1.807, 2.05) is 91.8 Å². The number of benzene rings is 3. The summed E-state index contributed by atoms with van der Waals surface area (Å²) in [5, 5.41) is 0. The van der Waals surface area contributed by atoms with E-state index in [2.05, 4.69) is 0 Å². The minimum Gasteiger partial charge on any atom is -0.493 e. The van der Waals surface area contributed by atoms with Crippen molar-refractivity contribution >= 4 is 17.7 Å². The number of hydrogen-bond donors (Lipinski definition) is 0. The Bertz CT molecular complexity index is 1410. The molecule has 0 N–H and O–H groups in total. The summed E-state index contributed by atoms with van der Waals surface area (Å²) in [7, 11) is 0. The van der Waals surface area contributed by atoms with Crippen molar-refractivity contribution in [3.8, 4) is 23.0 Å². The molecule has 45 heavy (non-hydrogen) atoms. The Hall–Kier alpha value is -4.13. The van der Waals surface area contributed by atoms with Gasteiger partial charge in [0, 0.05) is 11.6 Å². The van der Waals surface area contributed by atoms with Crippen LogP contribution < -0.4 is 18.9 Å². The van der Waals surface area contributed by atoms with Gasteiger partial charge in [0.15, 0.2) is 5.78 Å². The van der Waals surface area contributed by atoms with E-state index in [0.717, 1.165) is 33.8 Å². The lowest BCUT2D eigenvalue weighted by Crippen LogP contribution is -2.30. The molecular weight excluding hydrogens is 568 g/mol. The molecule has 7 nitrogen and oxygen atoms in total. The monoisotopic (exact) mass is 616 g/mol. The Kier molecular flexibility index (Phi) is 12.0. The number of esters is 2. The van der Waals surface area contributed by atoms with E-state index in [4.69, 9.17) is 18.9 Å². The molecule has 7 heteroatoms. The number of aryl methyl sites for hydroxylation is 4. The molecule has 0 aliphatic carbocycles. The van der Waals surface area contributed by atoms with E-state index in [-0.39, 0.29) is 22.8 Å². The van der Waals surface area contributed by atoms with Crippen LogP contribution in [0, 0.1) is 38.5 Å². The maximum absolute atomic E-state index is 13.2. The SMILES string of the molecule is CC(=O)c1cc(OC(=O)C(C)(C)CCCOc2cc(C)ccc2C)cc(OC(=O)C(C)(C)CCCOc2cc(C)ccc2C)c1. The average Bonchev–Trinajstić information content (AvgIpc) is 2.96. The predicted octanol–water partition coefficient (Wildman–Crippen LogP) is 8.70. The van der Waals surface area contributed by atoms with Gasteiger partial charge in [-0.15, -0.1) is 0 Å². The maximum Gasteiger partial charge on any atom is 0.316 e. The molecule has 0 heterocycles. The molecule has 0 spiro atoms. The van der Waals surface area contributed by atoms with Gasteiger partial charge >= 0.3 is 11.9 Å². The summed E-state index contributed by atoms with van der Waals surface area (Å²) >= 11 is 0. The Morgan fingerprint density at radius 2 is 1.00 bits per heavy atom. The molecule has 0 amide bonds. The number of carbonyl (C=O) groups is 3. The fourth-order valence-corrected chi connectivity index (χ4v) is 4.71. The lowest BCUT2D eigenvalue weighted by molar-refractivity contribution is -0.144. The summed E-state index contributed by atoms with van der Waals surface area (Å²) in [5.74, 6) is 0.841. The molecule has 0 aliphatic rings. The zero-order valence-electron chi connectivity index (χ0n) is 28.3. The summed E-state index contributed by atoms with van der Waals surface area (Å²) in [6, 6.07) is 16.6. The fourth-order valence-electron chi connectivity index (χ4n) is 4.71. The highest BCUT2D eigenvalue weighted by Crippen LogP contribution is 2.32.